The number of hydrogen-bond donors (Lipinski definition) is 0. The van der Waals surface area contributed by atoms with Crippen molar-refractivity contribution in [3.8, 4) is 6.07 Å². The lowest BCUT2D eigenvalue weighted by molar-refractivity contribution is 0.782. The number of aryl methyl sites for hydroxylation is 1. The SMILES string of the molecule is Cc1ccc(Cn2ccnc2C#N)cc1Cl. The van der Waals surface area contributed by atoms with Crippen molar-refractivity contribution < 1.29 is 0 Å². The maximum Gasteiger partial charge on any atom is 0.213 e. The number of rotatable bonds is 2. The van der Waals surface area contributed by atoms with Crippen LogP contribution in [-0.2, 0) is 6.54 Å². The zero-order valence-electron chi connectivity index (χ0n) is 8.81. The van der Waals surface area contributed by atoms with E-state index in [-0.39, 0.29) is 0 Å². The number of halogens is 1. The van der Waals surface area contributed by atoms with E-state index in [1.807, 2.05) is 31.2 Å². The molecule has 4 heteroatoms. The minimum Gasteiger partial charge on any atom is -0.318 e. The average molecular weight is 232 g/mol. The molecule has 80 valence electrons. The Kier molecular flexibility index (Phi) is 2.93. The second-order valence-corrected chi connectivity index (χ2v) is 3.98. The molecule has 0 bridgehead atoms. The van der Waals surface area contributed by atoms with Gasteiger partial charge in [-0.2, -0.15) is 5.26 Å². The molecule has 0 fully saturated rings. The van der Waals surface area contributed by atoms with Crippen molar-refractivity contribution in [3.63, 3.8) is 0 Å². The molecule has 0 unspecified atom stereocenters. The summed E-state index contributed by atoms with van der Waals surface area (Å²) >= 11 is 6.04. The topological polar surface area (TPSA) is 41.6 Å². The minimum atomic E-state index is 0.414. The van der Waals surface area contributed by atoms with Gasteiger partial charge in [-0.05, 0) is 24.1 Å². The molecule has 0 amide bonds. The summed E-state index contributed by atoms with van der Waals surface area (Å²) in [6.07, 6.45) is 3.40. The second kappa shape index (κ2) is 4.38. The summed E-state index contributed by atoms with van der Waals surface area (Å²) in [4.78, 5) is 3.94. The van der Waals surface area contributed by atoms with E-state index >= 15 is 0 Å². The van der Waals surface area contributed by atoms with E-state index in [4.69, 9.17) is 16.9 Å². The third kappa shape index (κ3) is 2.07. The maximum absolute atomic E-state index is 8.82. The summed E-state index contributed by atoms with van der Waals surface area (Å²) < 4.78 is 1.79. The molecule has 0 N–H and O–H groups in total. The average Bonchev–Trinajstić information content (AvgIpc) is 2.71. The quantitative estimate of drug-likeness (QED) is 0.798. The molecule has 0 aliphatic rings. The van der Waals surface area contributed by atoms with E-state index in [2.05, 4.69) is 4.98 Å². The third-order valence-electron chi connectivity index (χ3n) is 2.40. The van der Waals surface area contributed by atoms with Crippen LogP contribution < -0.4 is 0 Å². The highest BCUT2D eigenvalue weighted by Crippen LogP contribution is 2.17. The highest BCUT2D eigenvalue weighted by atomic mass is 35.5. The number of aromatic nitrogens is 2. The molecule has 0 radical (unpaired) electrons. The predicted octanol–water partition coefficient (Wildman–Crippen LogP) is 2.76. The van der Waals surface area contributed by atoms with Gasteiger partial charge >= 0.3 is 0 Å². The molecule has 1 heterocycles. The van der Waals surface area contributed by atoms with Crippen LogP contribution in [0.1, 0.15) is 17.0 Å². The van der Waals surface area contributed by atoms with Gasteiger partial charge in [0.25, 0.3) is 0 Å². The Morgan fingerprint density at radius 3 is 3.00 bits per heavy atom. The Morgan fingerprint density at radius 1 is 1.50 bits per heavy atom. The van der Waals surface area contributed by atoms with E-state index in [0.29, 0.717) is 12.4 Å². The van der Waals surface area contributed by atoms with Gasteiger partial charge in [-0.15, -0.1) is 0 Å². The fourth-order valence-corrected chi connectivity index (χ4v) is 1.68. The van der Waals surface area contributed by atoms with Crippen LogP contribution in [0.3, 0.4) is 0 Å². The highest BCUT2D eigenvalue weighted by molar-refractivity contribution is 6.31. The molecule has 2 aromatic rings. The molecule has 0 aliphatic heterocycles. The zero-order chi connectivity index (χ0) is 11.5. The summed E-state index contributed by atoms with van der Waals surface area (Å²) in [6.45, 7) is 2.58. The Bertz CT molecular complexity index is 552. The first-order valence-electron chi connectivity index (χ1n) is 4.87. The van der Waals surface area contributed by atoms with Gasteiger partial charge in [-0.1, -0.05) is 23.7 Å². The molecule has 1 aromatic carbocycles. The van der Waals surface area contributed by atoms with Crippen LogP contribution in [0, 0.1) is 18.3 Å². The fraction of sp³-hybridized carbons (Fsp3) is 0.167. The Labute approximate surface area is 98.9 Å². The van der Waals surface area contributed by atoms with Crippen molar-refractivity contribution in [3.05, 3.63) is 52.6 Å². The van der Waals surface area contributed by atoms with Gasteiger partial charge in [-0.25, -0.2) is 4.98 Å². The van der Waals surface area contributed by atoms with E-state index in [9.17, 15) is 0 Å². The third-order valence-corrected chi connectivity index (χ3v) is 2.81. The first kappa shape index (κ1) is 10.7. The monoisotopic (exact) mass is 231 g/mol. The molecule has 16 heavy (non-hydrogen) atoms. The van der Waals surface area contributed by atoms with Gasteiger partial charge < -0.3 is 4.57 Å². The van der Waals surface area contributed by atoms with Crippen molar-refractivity contribution in [1.29, 1.82) is 5.26 Å². The summed E-state index contributed by atoms with van der Waals surface area (Å²) in [5.74, 6) is 0.414. The number of hydrogen-bond acceptors (Lipinski definition) is 2. The maximum atomic E-state index is 8.82. The standard InChI is InChI=1S/C12H10ClN3/c1-9-2-3-10(6-11(9)13)8-16-5-4-15-12(16)7-14/h2-6H,8H2,1H3. The molecule has 0 aliphatic carbocycles. The van der Waals surface area contributed by atoms with Crippen molar-refractivity contribution in [2.45, 2.75) is 13.5 Å². The van der Waals surface area contributed by atoms with Crippen LogP contribution in [0.25, 0.3) is 0 Å². The van der Waals surface area contributed by atoms with Gasteiger partial charge in [0.05, 0.1) is 0 Å². The van der Waals surface area contributed by atoms with Crippen LogP contribution in [0.2, 0.25) is 5.02 Å². The van der Waals surface area contributed by atoms with Gasteiger partial charge in [0, 0.05) is 24.0 Å². The number of nitrogens with zero attached hydrogens (tertiary/aromatic N) is 3. The van der Waals surface area contributed by atoms with E-state index < -0.39 is 0 Å². The van der Waals surface area contributed by atoms with Crippen molar-refractivity contribution in [1.82, 2.24) is 9.55 Å². The summed E-state index contributed by atoms with van der Waals surface area (Å²) in [5.41, 5.74) is 2.11. The van der Waals surface area contributed by atoms with E-state index in [1.165, 1.54) is 0 Å². The van der Waals surface area contributed by atoms with Gasteiger partial charge in [0.1, 0.15) is 6.07 Å². The predicted molar refractivity (Wildman–Crippen MR) is 62.2 cm³/mol. The summed E-state index contributed by atoms with van der Waals surface area (Å²) in [7, 11) is 0. The molecule has 0 atom stereocenters. The number of benzene rings is 1. The van der Waals surface area contributed by atoms with Crippen LogP contribution in [0.5, 0.6) is 0 Å². The lowest BCUT2D eigenvalue weighted by Gasteiger charge is -2.05. The lowest BCUT2D eigenvalue weighted by atomic mass is 10.1. The molecule has 0 spiro atoms. The second-order valence-electron chi connectivity index (χ2n) is 3.57. The van der Waals surface area contributed by atoms with E-state index in [0.717, 1.165) is 16.1 Å². The molecule has 3 nitrogen and oxygen atoms in total. The van der Waals surface area contributed by atoms with Gasteiger partial charge in [0.15, 0.2) is 0 Å². The van der Waals surface area contributed by atoms with Gasteiger partial charge in [-0.3, -0.25) is 0 Å². The number of nitriles is 1. The smallest absolute Gasteiger partial charge is 0.213 e. The van der Waals surface area contributed by atoms with E-state index in [1.54, 1.807) is 17.0 Å². The number of imidazole rings is 1. The Morgan fingerprint density at radius 2 is 2.31 bits per heavy atom. The van der Waals surface area contributed by atoms with Crippen LogP contribution in [0.4, 0.5) is 0 Å². The van der Waals surface area contributed by atoms with Crippen LogP contribution in [-0.4, -0.2) is 9.55 Å². The van der Waals surface area contributed by atoms with Crippen molar-refractivity contribution >= 4 is 11.6 Å². The van der Waals surface area contributed by atoms with Crippen LogP contribution in [0.15, 0.2) is 30.6 Å². The van der Waals surface area contributed by atoms with Crippen molar-refractivity contribution in [2.75, 3.05) is 0 Å². The molecule has 0 saturated heterocycles. The minimum absolute atomic E-state index is 0.414. The molecular formula is C12H10ClN3. The lowest BCUT2D eigenvalue weighted by Crippen LogP contribution is -2.01. The van der Waals surface area contributed by atoms with Crippen molar-refractivity contribution in [2.24, 2.45) is 0 Å². The first-order chi connectivity index (χ1) is 7.70. The molecule has 1 aromatic heterocycles. The molecular weight excluding hydrogens is 222 g/mol. The fourth-order valence-electron chi connectivity index (χ4n) is 1.48. The zero-order valence-corrected chi connectivity index (χ0v) is 9.57. The van der Waals surface area contributed by atoms with Gasteiger partial charge in [0.2, 0.25) is 5.82 Å². The largest absolute Gasteiger partial charge is 0.318 e. The summed E-state index contributed by atoms with van der Waals surface area (Å²) in [5, 5.41) is 9.57. The molecule has 0 saturated carbocycles. The molecule has 2 rings (SSSR count). The Hall–Kier alpha value is -1.79. The van der Waals surface area contributed by atoms with Crippen LogP contribution >= 0.6 is 11.6 Å². The first-order valence-corrected chi connectivity index (χ1v) is 5.25. The summed E-state index contributed by atoms with van der Waals surface area (Å²) in [6, 6.07) is 7.93. The Balaban J connectivity index is 2.28. The highest BCUT2D eigenvalue weighted by Gasteiger charge is 2.03. The normalized spacial score (nSPS) is 10.1.